The van der Waals surface area contributed by atoms with E-state index in [-0.39, 0.29) is 5.43 Å². The summed E-state index contributed by atoms with van der Waals surface area (Å²) in [5.41, 5.74) is 0.897. The van der Waals surface area contributed by atoms with E-state index < -0.39 is 0 Å². The fourth-order valence-corrected chi connectivity index (χ4v) is 2.51. The van der Waals surface area contributed by atoms with Crippen molar-refractivity contribution in [3.05, 3.63) is 52.7 Å². The van der Waals surface area contributed by atoms with Crippen molar-refractivity contribution < 1.29 is 18.6 Å². The molecule has 0 unspecified atom stereocenters. The maximum atomic E-state index is 12.6. The smallest absolute Gasteiger partial charge is 0.205 e. The van der Waals surface area contributed by atoms with E-state index >= 15 is 0 Å². The topological polar surface area (TPSA) is 57.9 Å². The van der Waals surface area contributed by atoms with Crippen LogP contribution in [0.2, 0.25) is 0 Å². The van der Waals surface area contributed by atoms with E-state index in [0.29, 0.717) is 34.0 Å². The average Bonchev–Trinajstić information content (AvgIpc) is 2.60. The van der Waals surface area contributed by atoms with E-state index in [1.165, 1.54) is 27.4 Å². The monoisotopic (exact) mass is 312 g/mol. The van der Waals surface area contributed by atoms with Crippen LogP contribution in [0.3, 0.4) is 0 Å². The van der Waals surface area contributed by atoms with Gasteiger partial charge in [0.1, 0.15) is 16.9 Å². The van der Waals surface area contributed by atoms with Crippen molar-refractivity contribution in [3.63, 3.8) is 0 Å². The number of hydrogen-bond acceptors (Lipinski definition) is 5. The first-order valence-corrected chi connectivity index (χ1v) is 7.01. The fourth-order valence-electron chi connectivity index (χ4n) is 2.51. The first kappa shape index (κ1) is 15.0. The summed E-state index contributed by atoms with van der Waals surface area (Å²) < 4.78 is 21.9. The Morgan fingerprint density at radius 1 is 0.870 bits per heavy atom. The lowest BCUT2D eigenvalue weighted by Crippen LogP contribution is -2.05. The molecule has 0 saturated heterocycles. The Labute approximate surface area is 133 Å². The van der Waals surface area contributed by atoms with Gasteiger partial charge < -0.3 is 18.6 Å². The Bertz CT molecular complexity index is 897. The van der Waals surface area contributed by atoms with Gasteiger partial charge in [-0.25, -0.2) is 0 Å². The van der Waals surface area contributed by atoms with Crippen molar-refractivity contribution in [2.75, 3.05) is 21.3 Å². The van der Waals surface area contributed by atoms with Crippen molar-refractivity contribution in [3.8, 4) is 28.6 Å². The highest BCUT2D eigenvalue weighted by Gasteiger charge is 2.20. The SMILES string of the molecule is COc1cc(OC)c2c(=O)cc(-c3ccccc3)oc2c1OC. The molecule has 0 N–H and O–H groups in total. The lowest BCUT2D eigenvalue weighted by Gasteiger charge is -2.13. The van der Waals surface area contributed by atoms with Crippen molar-refractivity contribution >= 4 is 11.0 Å². The van der Waals surface area contributed by atoms with Gasteiger partial charge in [-0.3, -0.25) is 4.79 Å². The van der Waals surface area contributed by atoms with Gasteiger partial charge in [0.25, 0.3) is 0 Å². The molecule has 3 rings (SSSR count). The minimum Gasteiger partial charge on any atom is -0.496 e. The van der Waals surface area contributed by atoms with Crippen LogP contribution in [-0.2, 0) is 0 Å². The first-order chi connectivity index (χ1) is 11.2. The second-order valence-electron chi connectivity index (χ2n) is 4.86. The molecular formula is C18H16O5. The summed E-state index contributed by atoms with van der Waals surface area (Å²) >= 11 is 0. The van der Waals surface area contributed by atoms with Crippen molar-refractivity contribution in [2.24, 2.45) is 0 Å². The third kappa shape index (κ3) is 2.50. The molecule has 0 fully saturated rings. The van der Waals surface area contributed by atoms with E-state index in [1.54, 1.807) is 6.07 Å². The summed E-state index contributed by atoms with van der Waals surface area (Å²) in [7, 11) is 4.51. The second kappa shape index (κ2) is 6.04. The van der Waals surface area contributed by atoms with E-state index in [2.05, 4.69) is 0 Å². The van der Waals surface area contributed by atoms with Crippen LogP contribution in [0, 0.1) is 0 Å². The molecular weight excluding hydrogens is 296 g/mol. The predicted molar refractivity (Wildman–Crippen MR) is 87.6 cm³/mol. The fraction of sp³-hybridized carbons (Fsp3) is 0.167. The summed E-state index contributed by atoms with van der Waals surface area (Å²) in [5, 5.41) is 0.324. The quantitative estimate of drug-likeness (QED) is 0.738. The van der Waals surface area contributed by atoms with E-state index in [0.717, 1.165) is 5.56 Å². The van der Waals surface area contributed by atoms with Gasteiger partial charge in [0.05, 0.1) is 21.3 Å². The number of hydrogen-bond donors (Lipinski definition) is 0. The zero-order chi connectivity index (χ0) is 16.4. The van der Waals surface area contributed by atoms with Crippen molar-refractivity contribution in [1.82, 2.24) is 0 Å². The molecule has 0 aliphatic rings. The van der Waals surface area contributed by atoms with Gasteiger partial charge in [-0.2, -0.15) is 0 Å². The van der Waals surface area contributed by atoms with Crippen LogP contribution in [0.4, 0.5) is 0 Å². The molecule has 5 heteroatoms. The molecule has 3 aromatic rings. The van der Waals surface area contributed by atoms with Crippen LogP contribution < -0.4 is 19.6 Å². The zero-order valence-corrected chi connectivity index (χ0v) is 13.1. The molecule has 0 aliphatic heterocycles. The second-order valence-corrected chi connectivity index (χ2v) is 4.86. The predicted octanol–water partition coefficient (Wildman–Crippen LogP) is 3.49. The lowest BCUT2D eigenvalue weighted by molar-refractivity contribution is 0.348. The minimum absolute atomic E-state index is 0.206. The van der Waals surface area contributed by atoms with Gasteiger partial charge in [0.15, 0.2) is 16.8 Å². The van der Waals surface area contributed by atoms with Gasteiger partial charge in [0, 0.05) is 17.7 Å². The Morgan fingerprint density at radius 2 is 1.57 bits per heavy atom. The van der Waals surface area contributed by atoms with E-state index in [9.17, 15) is 4.79 Å². The number of benzene rings is 2. The Morgan fingerprint density at radius 3 is 2.17 bits per heavy atom. The van der Waals surface area contributed by atoms with E-state index in [4.69, 9.17) is 18.6 Å². The molecule has 0 atom stereocenters. The molecule has 118 valence electrons. The minimum atomic E-state index is -0.206. The summed E-state index contributed by atoms with van der Waals surface area (Å²) in [5.74, 6) is 1.63. The molecule has 0 amide bonds. The summed E-state index contributed by atoms with van der Waals surface area (Å²) in [6.07, 6.45) is 0. The maximum absolute atomic E-state index is 12.6. The Balaban J connectivity index is 2.40. The molecule has 5 nitrogen and oxygen atoms in total. The van der Waals surface area contributed by atoms with Gasteiger partial charge >= 0.3 is 0 Å². The van der Waals surface area contributed by atoms with Crippen LogP contribution >= 0.6 is 0 Å². The van der Waals surface area contributed by atoms with E-state index in [1.807, 2.05) is 30.3 Å². The molecule has 1 heterocycles. The standard InChI is InChI=1S/C18H16O5/c1-20-14-10-15(21-2)17(22-3)18-16(14)12(19)9-13(23-18)11-7-5-4-6-8-11/h4-10H,1-3H3. The highest BCUT2D eigenvalue weighted by atomic mass is 16.5. The number of fused-ring (bicyclic) bond motifs is 1. The van der Waals surface area contributed by atoms with Gasteiger partial charge in [-0.1, -0.05) is 30.3 Å². The Kier molecular flexibility index (Phi) is 3.93. The van der Waals surface area contributed by atoms with Crippen LogP contribution in [0.15, 0.2) is 51.7 Å². The Hall–Kier alpha value is -2.95. The highest BCUT2D eigenvalue weighted by molar-refractivity contribution is 5.92. The number of ether oxygens (including phenoxy) is 3. The molecule has 0 aliphatic carbocycles. The molecule has 23 heavy (non-hydrogen) atoms. The molecule has 2 aromatic carbocycles. The zero-order valence-electron chi connectivity index (χ0n) is 13.1. The van der Waals surface area contributed by atoms with Crippen LogP contribution in [0.5, 0.6) is 17.2 Å². The summed E-state index contributed by atoms with van der Waals surface area (Å²) in [6, 6.07) is 12.5. The molecule has 1 aromatic heterocycles. The molecule has 0 radical (unpaired) electrons. The summed E-state index contributed by atoms with van der Waals surface area (Å²) in [6.45, 7) is 0. The van der Waals surface area contributed by atoms with Gasteiger partial charge in [0.2, 0.25) is 5.75 Å². The maximum Gasteiger partial charge on any atom is 0.205 e. The third-order valence-electron chi connectivity index (χ3n) is 3.59. The van der Waals surface area contributed by atoms with Crippen LogP contribution in [-0.4, -0.2) is 21.3 Å². The molecule has 0 saturated carbocycles. The van der Waals surface area contributed by atoms with Gasteiger partial charge in [-0.15, -0.1) is 0 Å². The highest BCUT2D eigenvalue weighted by Crippen LogP contribution is 2.41. The van der Waals surface area contributed by atoms with Crippen LogP contribution in [0.1, 0.15) is 0 Å². The largest absolute Gasteiger partial charge is 0.496 e. The molecule has 0 spiro atoms. The lowest BCUT2D eigenvalue weighted by atomic mass is 10.1. The number of rotatable bonds is 4. The normalized spacial score (nSPS) is 10.6. The van der Waals surface area contributed by atoms with Crippen LogP contribution in [0.25, 0.3) is 22.3 Å². The number of methoxy groups -OCH3 is 3. The van der Waals surface area contributed by atoms with Gasteiger partial charge in [-0.05, 0) is 0 Å². The van der Waals surface area contributed by atoms with Crippen molar-refractivity contribution in [2.45, 2.75) is 0 Å². The third-order valence-corrected chi connectivity index (χ3v) is 3.59. The summed E-state index contributed by atoms with van der Waals surface area (Å²) in [4.78, 5) is 12.6. The van der Waals surface area contributed by atoms with Crippen molar-refractivity contribution in [1.29, 1.82) is 0 Å². The average molecular weight is 312 g/mol. The molecule has 0 bridgehead atoms. The first-order valence-electron chi connectivity index (χ1n) is 7.01.